The number of aromatic nitrogens is 4. The molecule has 1 aromatic carbocycles. The van der Waals surface area contributed by atoms with E-state index >= 15 is 0 Å². The number of fused-ring (bicyclic) bond motifs is 1. The summed E-state index contributed by atoms with van der Waals surface area (Å²) >= 11 is 4.28. The number of imidazole rings is 1. The molecule has 3 heterocycles. The minimum atomic E-state index is 1.06. The molecule has 0 saturated heterocycles. The van der Waals surface area contributed by atoms with Gasteiger partial charge in [-0.25, -0.2) is 0 Å². The molecular weight excluding hydrogens is 523 g/mol. The van der Waals surface area contributed by atoms with Crippen molar-refractivity contribution in [1.29, 1.82) is 0 Å². The molecule has 138 valence electrons. The summed E-state index contributed by atoms with van der Waals surface area (Å²) in [4.78, 5) is 0. The number of nitrogens with zero attached hydrogens (tertiary/aromatic N) is 3. The Kier molecular flexibility index (Phi) is 5.37. The van der Waals surface area contributed by atoms with Gasteiger partial charge in [-0.15, -0.1) is 0 Å². The Hall–Kier alpha value is -1.71. The van der Waals surface area contributed by atoms with Crippen molar-refractivity contribution in [3.63, 3.8) is 0 Å². The van der Waals surface area contributed by atoms with Gasteiger partial charge in [0.2, 0.25) is 0 Å². The molecule has 26 heavy (non-hydrogen) atoms. The molecule has 6 heteroatoms. The topological polar surface area (TPSA) is 38.5 Å². The molecule has 0 aliphatic rings. The number of H-pyrrole nitrogens is 1. The van der Waals surface area contributed by atoms with Crippen LogP contribution in [-0.2, 0) is 32.3 Å². The molecule has 4 aromatic rings. The van der Waals surface area contributed by atoms with E-state index in [0.29, 0.717) is 0 Å². The zero-order chi connectivity index (χ0) is 17.9. The Labute approximate surface area is 167 Å². The quantitative estimate of drug-likeness (QED) is 0.326. The van der Waals surface area contributed by atoms with Crippen molar-refractivity contribution in [3.8, 4) is 5.00 Å². The van der Waals surface area contributed by atoms with Crippen LogP contribution in [0.1, 0.15) is 30.7 Å². The van der Waals surface area contributed by atoms with Crippen LogP contribution in [-0.4, -0.2) is 19.3 Å². The summed E-state index contributed by atoms with van der Waals surface area (Å²) < 4.78 is 7.25. The van der Waals surface area contributed by atoms with Gasteiger partial charge in [-0.2, -0.15) is 0 Å². The minimum absolute atomic E-state index is 1.06. The number of nitrogens with one attached hydrogen (secondary N) is 1. The van der Waals surface area contributed by atoms with Crippen LogP contribution >= 0.6 is 11.3 Å². The SMILES string of the molecule is Cc1cc(CCCCCn2ccn(-c3cc4ccccc4s3)[c]2=[Pt])n[nH]1. The fourth-order valence-corrected chi connectivity index (χ4v) is 5.25. The molecule has 0 amide bonds. The predicted octanol–water partition coefficient (Wildman–Crippen LogP) is 5.02. The second-order valence-electron chi connectivity index (χ2n) is 6.58. The number of benzene rings is 1. The van der Waals surface area contributed by atoms with E-state index in [9.17, 15) is 0 Å². The number of unbranched alkanes of at least 4 members (excludes halogenated alkanes) is 2. The molecule has 0 unspecified atom stereocenters. The van der Waals surface area contributed by atoms with E-state index in [2.05, 4.69) is 94.4 Å². The Morgan fingerprint density at radius 3 is 2.81 bits per heavy atom. The molecule has 4 rings (SSSR count). The van der Waals surface area contributed by atoms with Gasteiger partial charge in [0.05, 0.1) is 0 Å². The Morgan fingerprint density at radius 2 is 2.00 bits per heavy atom. The normalized spacial score (nSPS) is 11.5. The molecule has 0 aliphatic carbocycles. The van der Waals surface area contributed by atoms with E-state index in [1.165, 1.54) is 43.8 Å². The van der Waals surface area contributed by atoms with E-state index in [4.69, 9.17) is 0 Å². The number of hydrogen-bond acceptors (Lipinski definition) is 2. The molecule has 0 saturated carbocycles. The van der Waals surface area contributed by atoms with Crippen LogP contribution in [0.25, 0.3) is 15.1 Å². The molecule has 0 radical (unpaired) electrons. The molecular formula is C20H22N4PtS. The first kappa shape index (κ1) is 17.7. The molecule has 3 aromatic heterocycles. The summed E-state index contributed by atoms with van der Waals surface area (Å²) in [5, 5.41) is 9.92. The average Bonchev–Trinajstić information content (AvgIpc) is 3.33. The maximum atomic E-state index is 4.31. The summed E-state index contributed by atoms with van der Waals surface area (Å²) in [5.41, 5.74) is 2.33. The van der Waals surface area contributed by atoms with Crippen molar-refractivity contribution in [2.75, 3.05) is 0 Å². The zero-order valence-electron chi connectivity index (χ0n) is 14.7. The van der Waals surface area contributed by atoms with Crippen molar-refractivity contribution in [3.05, 3.63) is 64.0 Å². The molecule has 1 N–H and O–H groups in total. The van der Waals surface area contributed by atoms with Gasteiger partial charge in [0, 0.05) is 0 Å². The number of rotatable bonds is 7. The predicted molar refractivity (Wildman–Crippen MR) is 103 cm³/mol. The number of aryl methyl sites for hydroxylation is 3. The first-order valence-electron chi connectivity index (χ1n) is 8.94. The fraction of sp³-hybridized carbons (Fsp3) is 0.300. The summed E-state index contributed by atoms with van der Waals surface area (Å²) in [5.74, 6) is 0. The van der Waals surface area contributed by atoms with Crippen LogP contribution in [0, 0.1) is 10.7 Å². The number of hydrogen-bond donors (Lipinski definition) is 1. The van der Waals surface area contributed by atoms with E-state index in [1.54, 1.807) is 0 Å². The molecule has 0 bridgehead atoms. The van der Waals surface area contributed by atoms with Gasteiger partial charge < -0.3 is 0 Å². The van der Waals surface area contributed by atoms with Gasteiger partial charge >= 0.3 is 168 Å². The molecule has 0 aliphatic heterocycles. The molecule has 0 spiro atoms. The van der Waals surface area contributed by atoms with E-state index in [-0.39, 0.29) is 0 Å². The van der Waals surface area contributed by atoms with Crippen LogP contribution in [0.3, 0.4) is 0 Å². The van der Waals surface area contributed by atoms with E-state index in [0.717, 1.165) is 18.7 Å². The third-order valence-electron chi connectivity index (χ3n) is 4.54. The average molecular weight is 546 g/mol. The van der Waals surface area contributed by atoms with Gasteiger partial charge in [0.15, 0.2) is 0 Å². The number of thiophene rings is 1. The Bertz CT molecular complexity index is 1040. The van der Waals surface area contributed by atoms with Gasteiger partial charge in [-0.3, -0.25) is 0 Å². The van der Waals surface area contributed by atoms with E-state index in [1.807, 2.05) is 11.3 Å². The molecule has 0 fully saturated rings. The van der Waals surface area contributed by atoms with Crippen molar-refractivity contribution in [2.24, 2.45) is 0 Å². The maximum absolute atomic E-state index is 4.31. The molecule has 0 atom stereocenters. The van der Waals surface area contributed by atoms with Crippen LogP contribution in [0.5, 0.6) is 0 Å². The zero-order valence-corrected chi connectivity index (χ0v) is 17.8. The Morgan fingerprint density at radius 1 is 1.12 bits per heavy atom. The third kappa shape index (κ3) is 3.84. The second kappa shape index (κ2) is 7.89. The summed E-state index contributed by atoms with van der Waals surface area (Å²) in [6, 6.07) is 13.0. The first-order chi connectivity index (χ1) is 12.7. The van der Waals surface area contributed by atoms with Crippen molar-refractivity contribution in [1.82, 2.24) is 19.3 Å². The first-order valence-corrected chi connectivity index (χ1v) is 10.9. The second-order valence-corrected chi connectivity index (χ2v) is 8.66. The standard InChI is InChI=1S/C20H22N4S.Pt/c1-16-13-18(22-21-16)8-3-2-6-10-23-11-12-24(15-23)20-14-17-7-4-5-9-19(17)25-20;/h4-5,7,9,11-14H,2-3,6,8,10H2,1H3,(H,21,22);. The van der Waals surface area contributed by atoms with Crippen LogP contribution in [0.4, 0.5) is 0 Å². The van der Waals surface area contributed by atoms with Crippen molar-refractivity contribution in [2.45, 2.75) is 39.2 Å². The summed E-state index contributed by atoms with van der Waals surface area (Å²) in [7, 11) is 0. The van der Waals surface area contributed by atoms with Crippen molar-refractivity contribution < 1.29 is 19.4 Å². The monoisotopic (exact) mass is 545 g/mol. The van der Waals surface area contributed by atoms with Gasteiger partial charge in [0.1, 0.15) is 0 Å². The Balaban J connectivity index is 1.35. The van der Waals surface area contributed by atoms with Crippen LogP contribution < -0.4 is 0 Å². The van der Waals surface area contributed by atoms with Gasteiger partial charge in [-0.1, -0.05) is 0 Å². The van der Waals surface area contributed by atoms with E-state index < -0.39 is 0 Å². The van der Waals surface area contributed by atoms with Crippen molar-refractivity contribution >= 4 is 21.4 Å². The number of aromatic amines is 1. The fourth-order valence-electron chi connectivity index (χ4n) is 3.17. The summed E-state index contributed by atoms with van der Waals surface area (Å²) in [6.45, 7) is 3.12. The third-order valence-corrected chi connectivity index (χ3v) is 6.86. The van der Waals surface area contributed by atoms with Gasteiger partial charge in [0.25, 0.3) is 0 Å². The van der Waals surface area contributed by atoms with Crippen LogP contribution in [0.2, 0.25) is 0 Å². The summed E-state index contributed by atoms with van der Waals surface area (Å²) in [6.07, 6.45) is 9.06. The van der Waals surface area contributed by atoms with Gasteiger partial charge in [-0.05, 0) is 0 Å². The van der Waals surface area contributed by atoms with Crippen LogP contribution in [0.15, 0.2) is 48.8 Å². The molecule has 4 nitrogen and oxygen atoms in total.